The number of hydrogen-bond acceptors (Lipinski definition) is 3. The quantitative estimate of drug-likeness (QED) is 0.637. The van der Waals surface area contributed by atoms with Gasteiger partial charge in [0.05, 0.1) is 12.7 Å². The molecule has 13 heavy (non-hydrogen) atoms. The minimum absolute atomic E-state index is 0.330. The summed E-state index contributed by atoms with van der Waals surface area (Å²) in [5.41, 5.74) is 0. The molecule has 0 spiro atoms. The van der Waals surface area contributed by atoms with Gasteiger partial charge in [0, 0.05) is 20.2 Å². The second-order valence-electron chi connectivity index (χ2n) is 3.90. The summed E-state index contributed by atoms with van der Waals surface area (Å²) in [6, 6.07) is 0. The second kappa shape index (κ2) is 5.58. The molecule has 0 aromatic rings. The van der Waals surface area contributed by atoms with Gasteiger partial charge in [0.15, 0.2) is 0 Å². The molecular weight excluding hydrogens is 166 g/mol. The minimum atomic E-state index is -0.330. The molecule has 3 nitrogen and oxygen atoms in total. The van der Waals surface area contributed by atoms with Gasteiger partial charge in [-0.15, -0.1) is 0 Å². The highest BCUT2D eigenvalue weighted by Crippen LogP contribution is 2.29. The lowest BCUT2D eigenvalue weighted by Gasteiger charge is -2.22. The Bertz CT molecular complexity index is 137. The van der Waals surface area contributed by atoms with E-state index in [1.807, 2.05) is 0 Å². The molecule has 0 amide bonds. The van der Waals surface area contributed by atoms with Crippen LogP contribution in [0.4, 0.5) is 0 Å². The SMILES string of the molecule is CCN(CC(O)COC)CC1CC1. The predicted molar refractivity (Wildman–Crippen MR) is 52.7 cm³/mol. The zero-order chi connectivity index (χ0) is 9.68. The molecule has 0 radical (unpaired) electrons. The molecule has 1 aliphatic rings. The van der Waals surface area contributed by atoms with Gasteiger partial charge < -0.3 is 14.7 Å². The van der Waals surface area contributed by atoms with E-state index in [1.54, 1.807) is 7.11 Å². The van der Waals surface area contributed by atoms with E-state index in [9.17, 15) is 5.11 Å². The summed E-state index contributed by atoms with van der Waals surface area (Å²) in [6.07, 6.45) is 2.41. The van der Waals surface area contributed by atoms with Crippen molar-refractivity contribution < 1.29 is 9.84 Å². The van der Waals surface area contributed by atoms with Crippen LogP contribution in [0.25, 0.3) is 0 Å². The van der Waals surface area contributed by atoms with E-state index >= 15 is 0 Å². The number of rotatable bonds is 7. The highest BCUT2D eigenvalue weighted by molar-refractivity contribution is 4.77. The van der Waals surface area contributed by atoms with Gasteiger partial charge in [-0.05, 0) is 25.3 Å². The lowest BCUT2D eigenvalue weighted by Crippen LogP contribution is -2.35. The summed E-state index contributed by atoms with van der Waals surface area (Å²) in [7, 11) is 1.63. The molecule has 1 rings (SSSR count). The van der Waals surface area contributed by atoms with Crippen LogP contribution in [0.1, 0.15) is 19.8 Å². The van der Waals surface area contributed by atoms with Gasteiger partial charge in [-0.25, -0.2) is 0 Å². The number of likely N-dealkylation sites (N-methyl/N-ethyl adjacent to an activating group) is 1. The van der Waals surface area contributed by atoms with Crippen molar-refractivity contribution >= 4 is 0 Å². The lowest BCUT2D eigenvalue weighted by molar-refractivity contribution is 0.0378. The monoisotopic (exact) mass is 187 g/mol. The Balaban J connectivity index is 2.13. The molecule has 0 aromatic carbocycles. The maximum atomic E-state index is 9.52. The average molecular weight is 187 g/mol. The maximum absolute atomic E-state index is 9.52. The Morgan fingerprint density at radius 1 is 1.54 bits per heavy atom. The third-order valence-corrected chi connectivity index (χ3v) is 2.49. The number of hydrogen-bond donors (Lipinski definition) is 1. The lowest BCUT2D eigenvalue weighted by atomic mass is 10.3. The first kappa shape index (κ1) is 11.0. The van der Waals surface area contributed by atoms with Crippen LogP contribution in [0.3, 0.4) is 0 Å². The maximum Gasteiger partial charge on any atom is 0.0900 e. The summed E-state index contributed by atoms with van der Waals surface area (Å²) in [4.78, 5) is 2.31. The zero-order valence-electron chi connectivity index (χ0n) is 8.70. The van der Waals surface area contributed by atoms with Crippen LogP contribution in [-0.4, -0.2) is 49.5 Å². The molecule has 0 saturated heterocycles. The molecule has 1 unspecified atom stereocenters. The minimum Gasteiger partial charge on any atom is -0.389 e. The Morgan fingerprint density at radius 3 is 2.69 bits per heavy atom. The molecule has 0 bridgehead atoms. The molecule has 0 aliphatic heterocycles. The van der Waals surface area contributed by atoms with Crippen LogP contribution in [0, 0.1) is 5.92 Å². The Morgan fingerprint density at radius 2 is 2.23 bits per heavy atom. The van der Waals surface area contributed by atoms with Crippen molar-refractivity contribution in [3.63, 3.8) is 0 Å². The molecule has 1 fully saturated rings. The van der Waals surface area contributed by atoms with E-state index in [2.05, 4.69) is 11.8 Å². The second-order valence-corrected chi connectivity index (χ2v) is 3.90. The van der Waals surface area contributed by atoms with Crippen molar-refractivity contribution in [3.8, 4) is 0 Å². The van der Waals surface area contributed by atoms with E-state index in [-0.39, 0.29) is 6.10 Å². The molecule has 0 aromatic heterocycles. The van der Waals surface area contributed by atoms with Crippen molar-refractivity contribution in [2.24, 2.45) is 5.92 Å². The van der Waals surface area contributed by atoms with Gasteiger partial charge in [-0.2, -0.15) is 0 Å². The standard InChI is InChI=1S/C10H21NO2/c1-3-11(6-9-4-5-9)7-10(12)8-13-2/h9-10,12H,3-8H2,1-2H3. The first-order valence-corrected chi connectivity index (χ1v) is 5.15. The van der Waals surface area contributed by atoms with E-state index in [0.29, 0.717) is 6.61 Å². The smallest absolute Gasteiger partial charge is 0.0900 e. The topological polar surface area (TPSA) is 32.7 Å². The third kappa shape index (κ3) is 4.60. The zero-order valence-corrected chi connectivity index (χ0v) is 8.70. The van der Waals surface area contributed by atoms with Crippen molar-refractivity contribution in [2.45, 2.75) is 25.9 Å². The van der Waals surface area contributed by atoms with Crippen molar-refractivity contribution in [1.29, 1.82) is 0 Å². The summed E-state index contributed by atoms with van der Waals surface area (Å²) < 4.78 is 4.89. The van der Waals surface area contributed by atoms with Crippen molar-refractivity contribution in [2.75, 3.05) is 33.4 Å². The molecule has 1 atom stereocenters. The number of methoxy groups -OCH3 is 1. The molecule has 0 heterocycles. The van der Waals surface area contributed by atoms with Crippen LogP contribution >= 0.6 is 0 Å². The average Bonchev–Trinajstić information content (AvgIpc) is 2.87. The number of nitrogens with zero attached hydrogens (tertiary/aromatic N) is 1. The fourth-order valence-corrected chi connectivity index (χ4v) is 1.54. The fourth-order valence-electron chi connectivity index (χ4n) is 1.54. The first-order chi connectivity index (χ1) is 6.26. The van der Waals surface area contributed by atoms with Gasteiger partial charge in [0.25, 0.3) is 0 Å². The van der Waals surface area contributed by atoms with E-state index in [0.717, 1.165) is 25.6 Å². The summed E-state index contributed by atoms with van der Waals surface area (Å²) in [5, 5.41) is 9.52. The van der Waals surface area contributed by atoms with Crippen molar-refractivity contribution in [3.05, 3.63) is 0 Å². The van der Waals surface area contributed by atoms with Crippen LogP contribution in [-0.2, 0) is 4.74 Å². The molecule has 3 heteroatoms. The molecule has 1 saturated carbocycles. The highest BCUT2D eigenvalue weighted by atomic mass is 16.5. The summed E-state index contributed by atoms with van der Waals surface area (Å²) >= 11 is 0. The largest absolute Gasteiger partial charge is 0.389 e. The Labute approximate surface area is 80.7 Å². The van der Waals surface area contributed by atoms with Crippen LogP contribution in [0.15, 0.2) is 0 Å². The van der Waals surface area contributed by atoms with Gasteiger partial charge in [0.1, 0.15) is 0 Å². The van der Waals surface area contributed by atoms with Gasteiger partial charge in [-0.1, -0.05) is 6.92 Å². The van der Waals surface area contributed by atoms with E-state index in [1.165, 1.54) is 12.8 Å². The Hall–Kier alpha value is -0.120. The number of aliphatic hydroxyl groups is 1. The van der Waals surface area contributed by atoms with E-state index < -0.39 is 0 Å². The normalized spacial score (nSPS) is 19.4. The van der Waals surface area contributed by atoms with Gasteiger partial charge in [-0.3, -0.25) is 0 Å². The molecule has 78 valence electrons. The van der Waals surface area contributed by atoms with Crippen LogP contribution in [0.5, 0.6) is 0 Å². The Kier molecular flexibility index (Phi) is 4.70. The van der Waals surface area contributed by atoms with Crippen LogP contribution in [0.2, 0.25) is 0 Å². The van der Waals surface area contributed by atoms with Gasteiger partial charge in [0.2, 0.25) is 0 Å². The molecular formula is C10H21NO2. The third-order valence-electron chi connectivity index (χ3n) is 2.49. The number of aliphatic hydroxyl groups excluding tert-OH is 1. The predicted octanol–water partition coefficient (Wildman–Crippen LogP) is 0.726. The van der Waals surface area contributed by atoms with Gasteiger partial charge >= 0.3 is 0 Å². The van der Waals surface area contributed by atoms with Crippen LogP contribution < -0.4 is 0 Å². The summed E-state index contributed by atoms with van der Waals surface area (Å²) in [6.45, 7) is 5.51. The van der Waals surface area contributed by atoms with Crippen molar-refractivity contribution in [1.82, 2.24) is 4.90 Å². The molecule has 1 aliphatic carbocycles. The highest BCUT2D eigenvalue weighted by Gasteiger charge is 2.24. The summed E-state index contributed by atoms with van der Waals surface area (Å²) in [5.74, 6) is 0.898. The fraction of sp³-hybridized carbons (Fsp3) is 1.00. The van der Waals surface area contributed by atoms with E-state index in [4.69, 9.17) is 4.74 Å². The molecule has 1 N–H and O–H groups in total. The first-order valence-electron chi connectivity index (χ1n) is 5.15. The number of ether oxygens (including phenoxy) is 1.